The van der Waals surface area contributed by atoms with Crippen LogP contribution in [0.1, 0.15) is 36.2 Å². The highest BCUT2D eigenvalue weighted by Crippen LogP contribution is 2.17. The fraction of sp³-hybridized carbons (Fsp3) is 0.444. The minimum absolute atomic E-state index is 0.0824. The monoisotopic (exact) mass is 346 g/mol. The Morgan fingerprint density at radius 1 is 1.29 bits per heavy atom. The van der Waals surface area contributed by atoms with Crippen LogP contribution in [0.5, 0.6) is 0 Å². The van der Waals surface area contributed by atoms with E-state index in [2.05, 4.69) is 46.6 Å². The molecule has 0 saturated carbocycles. The van der Waals surface area contributed by atoms with Gasteiger partial charge in [-0.25, -0.2) is 9.78 Å². The van der Waals surface area contributed by atoms with Crippen LogP contribution < -0.4 is 10.6 Å². The van der Waals surface area contributed by atoms with E-state index < -0.39 is 0 Å². The van der Waals surface area contributed by atoms with E-state index >= 15 is 0 Å². The zero-order valence-electron chi connectivity index (χ0n) is 14.7. The van der Waals surface area contributed by atoms with E-state index in [1.807, 2.05) is 37.4 Å². The van der Waals surface area contributed by atoms with Crippen molar-refractivity contribution in [2.45, 2.75) is 39.4 Å². The number of amides is 2. The number of rotatable bonds is 7. The number of nitrogens with one attached hydrogen (secondary N) is 2. The highest BCUT2D eigenvalue weighted by atomic mass is 32.1. The van der Waals surface area contributed by atoms with Crippen molar-refractivity contribution in [3.8, 4) is 0 Å². The molecule has 0 aliphatic rings. The third-order valence-electron chi connectivity index (χ3n) is 3.94. The van der Waals surface area contributed by atoms with Crippen LogP contribution in [-0.4, -0.2) is 35.5 Å². The molecule has 0 bridgehead atoms. The van der Waals surface area contributed by atoms with Crippen LogP contribution in [0.2, 0.25) is 0 Å². The van der Waals surface area contributed by atoms with Gasteiger partial charge in [-0.1, -0.05) is 30.3 Å². The summed E-state index contributed by atoms with van der Waals surface area (Å²) in [5, 5.41) is 8.79. The van der Waals surface area contributed by atoms with Crippen molar-refractivity contribution in [3.63, 3.8) is 0 Å². The van der Waals surface area contributed by atoms with Crippen molar-refractivity contribution in [3.05, 3.63) is 52.0 Å². The van der Waals surface area contributed by atoms with E-state index in [9.17, 15) is 4.79 Å². The number of hydrogen-bond acceptors (Lipinski definition) is 4. The zero-order chi connectivity index (χ0) is 17.5. The molecule has 0 saturated heterocycles. The van der Waals surface area contributed by atoms with E-state index in [-0.39, 0.29) is 18.1 Å². The molecule has 2 aromatic rings. The number of aromatic nitrogens is 1. The topological polar surface area (TPSA) is 57.3 Å². The molecule has 0 fully saturated rings. The Balaban J connectivity index is 1.74. The number of likely N-dealkylation sites (N-methyl/N-ethyl adjacent to an activating group) is 1. The van der Waals surface area contributed by atoms with Crippen LogP contribution in [0.25, 0.3) is 0 Å². The molecule has 1 aromatic carbocycles. The van der Waals surface area contributed by atoms with Crippen LogP contribution in [-0.2, 0) is 6.54 Å². The van der Waals surface area contributed by atoms with Gasteiger partial charge in [0.15, 0.2) is 0 Å². The Morgan fingerprint density at radius 3 is 2.62 bits per heavy atom. The second kappa shape index (κ2) is 8.80. The summed E-state index contributed by atoms with van der Waals surface area (Å²) in [5.41, 5.74) is 2.25. The number of benzene rings is 1. The van der Waals surface area contributed by atoms with Gasteiger partial charge < -0.3 is 10.6 Å². The summed E-state index contributed by atoms with van der Waals surface area (Å²) in [4.78, 5) is 18.7. The van der Waals surface area contributed by atoms with Gasteiger partial charge in [-0.2, -0.15) is 0 Å². The summed E-state index contributed by atoms with van der Waals surface area (Å²) in [6, 6.07) is 10.3. The first-order valence-corrected chi connectivity index (χ1v) is 9.04. The molecule has 2 atom stereocenters. The number of carbonyl (C=O) groups is 1. The van der Waals surface area contributed by atoms with E-state index in [1.165, 1.54) is 5.56 Å². The van der Waals surface area contributed by atoms with Crippen molar-refractivity contribution in [1.29, 1.82) is 0 Å². The van der Waals surface area contributed by atoms with E-state index in [1.54, 1.807) is 11.3 Å². The third-order valence-corrected chi connectivity index (χ3v) is 5.09. The van der Waals surface area contributed by atoms with Crippen LogP contribution in [0.4, 0.5) is 4.79 Å². The predicted molar refractivity (Wildman–Crippen MR) is 99.2 cm³/mol. The second-order valence-corrected chi connectivity index (χ2v) is 7.04. The smallest absolute Gasteiger partial charge is 0.315 e. The van der Waals surface area contributed by atoms with Gasteiger partial charge >= 0.3 is 6.03 Å². The van der Waals surface area contributed by atoms with E-state index in [0.29, 0.717) is 6.54 Å². The molecule has 2 rings (SSSR count). The van der Waals surface area contributed by atoms with Crippen molar-refractivity contribution in [1.82, 2.24) is 20.5 Å². The van der Waals surface area contributed by atoms with Gasteiger partial charge in [-0.3, -0.25) is 4.90 Å². The maximum absolute atomic E-state index is 12.1. The lowest BCUT2D eigenvalue weighted by molar-refractivity contribution is 0.221. The molecule has 6 heteroatoms. The van der Waals surface area contributed by atoms with Gasteiger partial charge in [-0.05, 0) is 33.4 Å². The minimum atomic E-state index is -0.157. The van der Waals surface area contributed by atoms with Crippen molar-refractivity contribution >= 4 is 17.4 Å². The van der Waals surface area contributed by atoms with Crippen LogP contribution in [0.3, 0.4) is 0 Å². The van der Waals surface area contributed by atoms with Crippen molar-refractivity contribution < 1.29 is 4.79 Å². The van der Waals surface area contributed by atoms with Gasteiger partial charge in [0.1, 0.15) is 5.01 Å². The largest absolute Gasteiger partial charge is 0.337 e. The Hall–Kier alpha value is -1.92. The lowest BCUT2D eigenvalue weighted by Gasteiger charge is -2.25. The molecule has 0 radical (unpaired) electrons. The van der Waals surface area contributed by atoms with Crippen molar-refractivity contribution in [2.75, 3.05) is 13.6 Å². The highest BCUT2D eigenvalue weighted by Gasteiger charge is 2.14. The lowest BCUT2D eigenvalue weighted by atomic mass is 10.2. The molecule has 2 N–H and O–H groups in total. The van der Waals surface area contributed by atoms with Crippen LogP contribution in [0, 0.1) is 6.92 Å². The zero-order valence-corrected chi connectivity index (χ0v) is 15.6. The first kappa shape index (κ1) is 18.4. The number of nitrogens with zero attached hydrogens (tertiary/aromatic N) is 2. The molecule has 0 spiro atoms. The molecule has 24 heavy (non-hydrogen) atoms. The molecule has 0 unspecified atom stereocenters. The number of urea groups is 1. The second-order valence-electron chi connectivity index (χ2n) is 6.15. The average Bonchev–Trinajstić information content (AvgIpc) is 3.00. The molecule has 1 aromatic heterocycles. The molecular formula is C18H26N4OS. The Bertz CT molecular complexity index is 643. The highest BCUT2D eigenvalue weighted by molar-refractivity contribution is 7.09. The molecular weight excluding hydrogens is 320 g/mol. The van der Waals surface area contributed by atoms with Gasteiger partial charge in [0.25, 0.3) is 0 Å². The molecule has 0 aliphatic carbocycles. The summed E-state index contributed by atoms with van der Waals surface area (Å²) < 4.78 is 0. The van der Waals surface area contributed by atoms with Gasteiger partial charge in [0, 0.05) is 30.2 Å². The predicted octanol–water partition coefficient (Wildman–Crippen LogP) is 3.33. The fourth-order valence-corrected chi connectivity index (χ4v) is 3.11. The lowest BCUT2D eigenvalue weighted by Crippen LogP contribution is -2.44. The Labute approximate surface area is 148 Å². The first-order valence-electron chi connectivity index (χ1n) is 8.16. The van der Waals surface area contributed by atoms with E-state index in [0.717, 1.165) is 17.2 Å². The maximum Gasteiger partial charge on any atom is 0.315 e. The molecule has 2 amide bonds. The molecule has 0 aliphatic heterocycles. The molecule has 130 valence electrons. The normalized spacial score (nSPS) is 13.5. The molecule has 1 heterocycles. The number of aryl methyl sites for hydroxylation is 1. The maximum atomic E-state index is 12.1. The van der Waals surface area contributed by atoms with Gasteiger partial charge in [0.2, 0.25) is 0 Å². The van der Waals surface area contributed by atoms with Crippen LogP contribution >= 0.6 is 11.3 Å². The number of thiazole rings is 1. The summed E-state index contributed by atoms with van der Waals surface area (Å²) in [7, 11) is 2.07. The SMILES string of the molecule is Cc1csc([C@@H](C)NC(=O)NC[C@H](C)N(C)Cc2ccccc2)n1. The summed E-state index contributed by atoms with van der Waals surface area (Å²) in [5.74, 6) is 0. The van der Waals surface area contributed by atoms with E-state index in [4.69, 9.17) is 0 Å². The summed E-state index contributed by atoms with van der Waals surface area (Å²) >= 11 is 1.57. The molecule has 5 nitrogen and oxygen atoms in total. The summed E-state index contributed by atoms with van der Waals surface area (Å²) in [6.45, 7) is 7.47. The minimum Gasteiger partial charge on any atom is -0.337 e. The Morgan fingerprint density at radius 2 is 2.00 bits per heavy atom. The fourth-order valence-electron chi connectivity index (χ4n) is 2.30. The van der Waals surface area contributed by atoms with Crippen LogP contribution in [0.15, 0.2) is 35.7 Å². The average molecular weight is 346 g/mol. The van der Waals surface area contributed by atoms with Crippen molar-refractivity contribution in [2.24, 2.45) is 0 Å². The number of carbonyl (C=O) groups excluding carboxylic acids is 1. The third kappa shape index (κ3) is 5.62. The quantitative estimate of drug-likeness (QED) is 0.808. The standard InChI is InChI=1S/C18H26N4OS/c1-13-12-24-17(20-13)15(3)21-18(23)19-10-14(2)22(4)11-16-8-6-5-7-9-16/h5-9,12,14-15H,10-11H2,1-4H3,(H2,19,21,23)/t14-,15+/m0/s1. The van der Waals surface area contributed by atoms with Gasteiger partial charge in [0.05, 0.1) is 6.04 Å². The van der Waals surface area contributed by atoms with Gasteiger partial charge in [-0.15, -0.1) is 11.3 Å². The summed E-state index contributed by atoms with van der Waals surface area (Å²) in [6.07, 6.45) is 0. The Kier molecular flexibility index (Phi) is 6.75. The first-order chi connectivity index (χ1) is 11.5. The number of hydrogen-bond donors (Lipinski definition) is 2.